The minimum atomic E-state index is -0.489. The average molecular weight is 382 g/mol. The number of primary amides is 1. The quantitative estimate of drug-likeness (QED) is 0.852. The Morgan fingerprint density at radius 3 is 2.67 bits per heavy atom. The normalized spacial score (nSPS) is 18.4. The molecule has 2 aromatic rings. The number of rotatable bonds is 4. The minimum Gasteiger partial charge on any atom is -0.370 e. The van der Waals surface area contributed by atoms with Crippen molar-refractivity contribution in [3.63, 3.8) is 0 Å². The number of thioether (sulfide) groups is 1. The monoisotopic (exact) mass is 381 g/mol. The number of amides is 2. The third-order valence-electron chi connectivity index (χ3n) is 5.18. The number of carbonyl (C=O) groups excluding carboxylic acids is 2. The number of carbonyl (C=O) groups is 2. The number of fused-ring (bicyclic) bond motifs is 1. The van der Waals surface area contributed by atoms with Gasteiger partial charge in [-0.1, -0.05) is 17.7 Å². The van der Waals surface area contributed by atoms with E-state index in [2.05, 4.69) is 35.3 Å². The second-order valence-electron chi connectivity index (χ2n) is 7.20. The summed E-state index contributed by atoms with van der Waals surface area (Å²) in [5.41, 5.74) is 9.90. The smallest absolute Gasteiger partial charge is 0.248 e. The predicted molar refractivity (Wildman–Crippen MR) is 110 cm³/mol. The van der Waals surface area contributed by atoms with Crippen LogP contribution in [0.1, 0.15) is 34.3 Å². The lowest BCUT2D eigenvalue weighted by atomic mass is 10.1. The first kappa shape index (κ1) is 17.9. The number of hydrogen-bond donors (Lipinski definition) is 2. The molecule has 1 unspecified atom stereocenters. The van der Waals surface area contributed by atoms with Crippen LogP contribution in [0.3, 0.4) is 0 Å². The molecule has 140 valence electrons. The maximum absolute atomic E-state index is 12.9. The zero-order valence-corrected chi connectivity index (χ0v) is 16.1. The molecule has 0 saturated carbocycles. The Bertz CT molecular complexity index is 906. The summed E-state index contributed by atoms with van der Waals surface area (Å²) in [6.07, 6.45) is 3.00. The van der Waals surface area contributed by atoms with Crippen molar-refractivity contribution >= 4 is 35.0 Å². The second-order valence-corrected chi connectivity index (χ2v) is 8.45. The Labute approximate surface area is 163 Å². The van der Waals surface area contributed by atoms with Crippen molar-refractivity contribution in [3.8, 4) is 0 Å². The zero-order chi connectivity index (χ0) is 19.0. The molecule has 2 aromatic carbocycles. The fourth-order valence-corrected chi connectivity index (χ4v) is 5.01. The van der Waals surface area contributed by atoms with E-state index in [0.717, 1.165) is 38.0 Å². The van der Waals surface area contributed by atoms with Gasteiger partial charge in [0.05, 0.1) is 16.6 Å². The van der Waals surface area contributed by atoms with Crippen LogP contribution in [0.15, 0.2) is 41.3 Å². The van der Waals surface area contributed by atoms with E-state index in [9.17, 15) is 9.59 Å². The molecular weight excluding hydrogens is 358 g/mol. The first-order valence-electron chi connectivity index (χ1n) is 9.27. The van der Waals surface area contributed by atoms with Crippen LogP contribution in [-0.2, 0) is 11.2 Å². The van der Waals surface area contributed by atoms with Gasteiger partial charge >= 0.3 is 0 Å². The standard InChI is InChI=1S/C21H23N3O2S/c1-13-4-5-14-12-19(27-18(14)10-13)21(26)23-16-11-15(20(22)25)6-7-17(16)24-8-2-3-9-24/h4-7,10-11,19H,2-3,8-9,12H2,1H3,(H2,22,25)(H,23,26). The van der Waals surface area contributed by atoms with Crippen molar-refractivity contribution in [2.24, 2.45) is 5.73 Å². The third kappa shape index (κ3) is 3.67. The van der Waals surface area contributed by atoms with Gasteiger partial charge in [0.25, 0.3) is 0 Å². The van der Waals surface area contributed by atoms with Gasteiger partial charge < -0.3 is 16.0 Å². The van der Waals surface area contributed by atoms with Crippen LogP contribution < -0.4 is 16.0 Å². The number of nitrogens with one attached hydrogen (secondary N) is 1. The molecule has 2 aliphatic heterocycles. The van der Waals surface area contributed by atoms with Crippen molar-refractivity contribution < 1.29 is 9.59 Å². The van der Waals surface area contributed by atoms with Crippen molar-refractivity contribution in [2.45, 2.75) is 36.3 Å². The average Bonchev–Trinajstić information content (AvgIpc) is 3.30. The van der Waals surface area contributed by atoms with Gasteiger partial charge in [0.1, 0.15) is 0 Å². The van der Waals surface area contributed by atoms with Crippen LogP contribution in [0.4, 0.5) is 11.4 Å². The van der Waals surface area contributed by atoms with Crippen LogP contribution >= 0.6 is 11.8 Å². The van der Waals surface area contributed by atoms with Crippen LogP contribution in [-0.4, -0.2) is 30.2 Å². The fraction of sp³-hybridized carbons (Fsp3) is 0.333. The summed E-state index contributed by atoms with van der Waals surface area (Å²) >= 11 is 1.61. The third-order valence-corrected chi connectivity index (χ3v) is 6.47. The van der Waals surface area contributed by atoms with E-state index in [0.29, 0.717) is 11.3 Å². The highest BCUT2D eigenvalue weighted by Crippen LogP contribution is 2.39. The SMILES string of the molecule is Cc1ccc2c(c1)SC(C(=O)Nc1cc(C(N)=O)ccc1N1CCCC1)C2. The van der Waals surface area contributed by atoms with E-state index in [4.69, 9.17) is 5.73 Å². The highest BCUT2D eigenvalue weighted by atomic mass is 32.2. The van der Waals surface area contributed by atoms with Crippen molar-refractivity contribution in [1.29, 1.82) is 0 Å². The molecule has 4 rings (SSSR count). The van der Waals surface area contributed by atoms with Crippen molar-refractivity contribution in [2.75, 3.05) is 23.3 Å². The van der Waals surface area contributed by atoms with E-state index in [1.807, 2.05) is 6.07 Å². The summed E-state index contributed by atoms with van der Waals surface area (Å²) in [5, 5.41) is 2.90. The lowest BCUT2D eigenvalue weighted by Gasteiger charge is -2.23. The molecular formula is C21H23N3O2S. The highest BCUT2D eigenvalue weighted by molar-refractivity contribution is 8.01. The molecule has 0 radical (unpaired) electrons. The first-order chi connectivity index (χ1) is 13.0. The molecule has 0 aromatic heterocycles. The fourth-order valence-electron chi connectivity index (χ4n) is 3.72. The van der Waals surface area contributed by atoms with E-state index in [1.54, 1.807) is 23.9 Å². The van der Waals surface area contributed by atoms with Crippen LogP contribution in [0.2, 0.25) is 0 Å². The molecule has 1 saturated heterocycles. The highest BCUT2D eigenvalue weighted by Gasteiger charge is 2.29. The molecule has 5 nitrogen and oxygen atoms in total. The molecule has 1 atom stereocenters. The van der Waals surface area contributed by atoms with Crippen LogP contribution in [0.5, 0.6) is 0 Å². The van der Waals surface area contributed by atoms with Gasteiger partial charge in [-0.25, -0.2) is 0 Å². The van der Waals surface area contributed by atoms with E-state index in [1.165, 1.54) is 16.0 Å². The molecule has 27 heavy (non-hydrogen) atoms. The summed E-state index contributed by atoms with van der Waals surface area (Å²) < 4.78 is 0. The van der Waals surface area contributed by atoms with E-state index in [-0.39, 0.29) is 11.2 Å². The Morgan fingerprint density at radius 2 is 1.93 bits per heavy atom. The van der Waals surface area contributed by atoms with Gasteiger partial charge in [-0.15, -0.1) is 11.8 Å². The largest absolute Gasteiger partial charge is 0.370 e. The molecule has 0 spiro atoms. The first-order valence-corrected chi connectivity index (χ1v) is 10.1. The molecule has 2 heterocycles. The molecule has 6 heteroatoms. The predicted octanol–water partition coefficient (Wildman–Crippen LogP) is 3.35. The van der Waals surface area contributed by atoms with Gasteiger partial charge in [-0.3, -0.25) is 9.59 Å². The molecule has 2 amide bonds. The molecule has 3 N–H and O–H groups in total. The number of benzene rings is 2. The molecule has 1 fully saturated rings. The maximum Gasteiger partial charge on any atom is 0.248 e. The van der Waals surface area contributed by atoms with Gasteiger partial charge in [0.15, 0.2) is 0 Å². The lowest BCUT2D eigenvalue weighted by molar-refractivity contribution is -0.115. The van der Waals surface area contributed by atoms with Gasteiger partial charge in [-0.05, 0) is 56.0 Å². The summed E-state index contributed by atoms with van der Waals surface area (Å²) in [5.74, 6) is -0.521. The van der Waals surface area contributed by atoms with Crippen LogP contribution in [0, 0.1) is 6.92 Å². The van der Waals surface area contributed by atoms with Gasteiger partial charge in [0.2, 0.25) is 11.8 Å². The summed E-state index contributed by atoms with van der Waals surface area (Å²) in [6.45, 7) is 3.98. The molecule has 0 aliphatic carbocycles. The summed E-state index contributed by atoms with van der Waals surface area (Å²) in [6, 6.07) is 11.6. The number of nitrogens with two attached hydrogens (primary N) is 1. The lowest BCUT2D eigenvalue weighted by Crippen LogP contribution is -2.27. The van der Waals surface area contributed by atoms with Gasteiger partial charge in [-0.2, -0.15) is 0 Å². The number of hydrogen-bond acceptors (Lipinski definition) is 4. The maximum atomic E-state index is 12.9. The van der Waals surface area contributed by atoms with Crippen molar-refractivity contribution in [3.05, 3.63) is 53.1 Å². The van der Waals surface area contributed by atoms with Gasteiger partial charge in [0, 0.05) is 23.5 Å². The van der Waals surface area contributed by atoms with E-state index < -0.39 is 5.91 Å². The molecule has 2 aliphatic rings. The zero-order valence-electron chi connectivity index (χ0n) is 15.3. The Hall–Kier alpha value is -2.47. The topological polar surface area (TPSA) is 75.4 Å². The second kappa shape index (κ2) is 7.27. The molecule has 0 bridgehead atoms. The number of nitrogens with zero attached hydrogens (tertiary/aromatic N) is 1. The van der Waals surface area contributed by atoms with Crippen LogP contribution in [0.25, 0.3) is 0 Å². The Balaban J connectivity index is 1.57. The number of anilines is 2. The Morgan fingerprint density at radius 1 is 1.15 bits per heavy atom. The minimum absolute atomic E-state index is 0.0316. The van der Waals surface area contributed by atoms with Crippen molar-refractivity contribution in [1.82, 2.24) is 0 Å². The summed E-state index contributed by atoms with van der Waals surface area (Å²) in [7, 11) is 0. The number of aryl methyl sites for hydroxylation is 1. The van der Waals surface area contributed by atoms with E-state index >= 15 is 0 Å². The Kier molecular flexibility index (Phi) is 4.83. The summed E-state index contributed by atoms with van der Waals surface area (Å²) in [4.78, 5) is 28.0.